The van der Waals surface area contributed by atoms with Crippen molar-refractivity contribution >= 4 is 0 Å². The Kier molecular flexibility index (Phi) is 3.11. The maximum Gasteiger partial charge on any atom is 0.0689 e. The van der Waals surface area contributed by atoms with Gasteiger partial charge in [0.2, 0.25) is 0 Å². The molecule has 56 valence electrons. The summed E-state index contributed by atoms with van der Waals surface area (Å²) in [6.07, 6.45) is -0.242. The first-order chi connectivity index (χ1) is 3.95. The van der Waals surface area contributed by atoms with Gasteiger partial charge in [-0.25, -0.2) is 0 Å². The van der Waals surface area contributed by atoms with Gasteiger partial charge in [0, 0.05) is 13.0 Å². The maximum atomic E-state index is 9.10. The Balaban J connectivity index is 3.47. The fourth-order valence-corrected chi connectivity index (χ4v) is 0.660. The third-order valence-electron chi connectivity index (χ3n) is 1.01. The molecule has 0 aliphatic heterocycles. The molecule has 0 unspecified atom stereocenters. The van der Waals surface area contributed by atoms with Crippen molar-refractivity contribution < 1.29 is 10.2 Å². The Morgan fingerprint density at radius 1 is 1.56 bits per heavy atom. The Bertz CT molecular complexity index is 77.6. The van der Waals surface area contributed by atoms with E-state index in [9.17, 15) is 0 Å². The first kappa shape index (κ1) is 8.88. The summed E-state index contributed by atoms with van der Waals surface area (Å²) in [4.78, 5) is 0. The van der Waals surface area contributed by atoms with E-state index in [2.05, 4.69) is 0 Å². The smallest absolute Gasteiger partial charge is 0.0689 e. The van der Waals surface area contributed by atoms with Gasteiger partial charge in [0.05, 0.1) is 11.7 Å². The molecule has 0 fully saturated rings. The highest BCUT2D eigenvalue weighted by atomic mass is 16.3. The lowest BCUT2D eigenvalue weighted by molar-refractivity contribution is 0.0216. The summed E-state index contributed by atoms with van der Waals surface area (Å²) in [5, 5.41) is 18.0. The van der Waals surface area contributed by atoms with E-state index < -0.39 is 11.7 Å². The molecule has 0 aromatic rings. The SMILES string of the molecule is CC(C)(O)C[C@@H](O)CN. The Hall–Kier alpha value is -0.120. The maximum absolute atomic E-state index is 9.10. The van der Waals surface area contributed by atoms with E-state index in [1.54, 1.807) is 13.8 Å². The molecule has 3 heteroatoms. The molecule has 0 saturated carbocycles. The third kappa shape index (κ3) is 5.76. The van der Waals surface area contributed by atoms with Crippen molar-refractivity contribution in [3.8, 4) is 0 Å². The number of nitrogens with two attached hydrogens (primary N) is 1. The molecule has 0 aromatic carbocycles. The minimum Gasteiger partial charge on any atom is -0.392 e. The van der Waals surface area contributed by atoms with Gasteiger partial charge in [0.1, 0.15) is 0 Å². The number of aliphatic hydroxyl groups excluding tert-OH is 1. The van der Waals surface area contributed by atoms with Crippen molar-refractivity contribution in [3.05, 3.63) is 0 Å². The Morgan fingerprint density at radius 3 is 2.11 bits per heavy atom. The average molecular weight is 133 g/mol. The fourth-order valence-electron chi connectivity index (χ4n) is 0.660. The van der Waals surface area contributed by atoms with Crippen LogP contribution in [-0.2, 0) is 0 Å². The molecule has 3 nitrogen and oxygen atoms in total. The van der Waals surface area contributed by atoms with Crippen LogP contribution in [0.3, 0.4) is 0 Å². The Labute approximate surface area is 55.5 Å². The minimum absolute atomic E-state index is 0.212. The van der Waals surface area contributed by atoms with Crippen LogP contribution in [0, 0.1) is 0 Å². The van der Waals surface area contributed by atoms with Crippen molar-refractivity contribution in [3.63, 3.8) is 0 Å². The molecule has 4 N–H and O–H groups in total. The van der Waals surface area contributed by atoms with E-state index in [0.29, 0.717) is 6.42 Å². The molecule has 0 spiro atoms. The summed E-state index contributed by atoms with van der Waals surface area (Å²) in [5.41, 5.74) is 4.31. The van der Waals surface area contributed by atoms with Crippen LogP contribution in [0.2, 0.25) is 0 Å². The van der Waals surface area contributed by atoms with Crippen LogP contribution in [0.5, 0.6) is 0 Å². The van der Waals surface area contributed by atoms with Gasteiger partial charge in [-0.1, -0.05) is 0 Å². The lowest BCUT2D eigenvalue weighted by Gasteiger charge is -2.19. The lowest BCUT2D eigenvalue weighted by Crippen LogP contribution is -2.30. The normalized spacial score (nSPS) is 15.7. The van der Waals surface area contributed by atoms with Gasteiger partial charge in [-0.15, -0.1) is 0 Å². The molecule has 0 amide bonds. The van der Waals surface area contributed by atoms with E-state index >= 15 is 0 Å². The molecule has 0 bridgehead atoms. The van der Waals surface area contributed by atoms with E-state index in [1.165, 1.54) is 0 Å². The van der Waals surface area contributed by atoms with Crippen LogP contribution in [-0.4, -0.2) is 28.5 Å². The largest absolute Gasteiger partial charge is 0.392 e. The van der Waals surface area contributed by atoms with Crippen molar-refractivity contribution in [2.24, 2.45) is 5.73 Å². The van der Waals surface area contributed by atoms with Crippen molar-refractivity contribution in [2.45, 2.75) is 32.0 Å². The van der Waals surface area contributed by atoms with E-state index in [-0.39, 0.29) is 6.54 Å². The molecule has 1 atom stereocenters. The van der Waals surface area contributed by atoms with Gasteiger partial charge in [0.15, 0.2) is 0 Å². The van der Waals surface area contributed by atoms with Gasteiger partial charge < -0.3 is 15.9 Å². The standard InChI is InChI=1S/C6H15NO2/c1-6(2,9)3-5(8)4-7/h5,8-9H,3-4,7H2,1-2H3/t5-/m1/s1. The van der Waals surface area contributed by atoms with Crippen molar-refractivity contribution in [1.29, 1.82) is 0 Å². The molecule has 9 heavy (non-hydrogen) atoms. The number of hydrogen-bond donors (Lipinski definition) is 3. The highest BCUT2D eigenvalue weighted by Gasteiger charge is 2.16. The van der Waals surface area contributed by atoms with E-state index in [1.807, 2.05) is 0 Å². The van der Waals surface area contributed by atoms with Crippen LogP contribution in [0.25, 0.3) is 0 Å². The molecule has 0 radical (unpaired) electrons. The van der Waals surface area contributed by atoms with Crippen LogP contribution in [0.1, 0.15) is 20.3 Å². The molecule has 0 heterocycles. The quantitative estimate of drug-likeness (QED) is 0.484. The minimum atomic E-state index is -0.807. The van der Waals surface area contributed by atoms with Gasteiger partial charge in [-0.3, -0.25) is 0 Å². The third-order valence-corrected chi connectivity index (χ3v) is 1.01. The second kappa shape index (κ2) is 3.15. The van der Waals surface area contributed by atoms with E-state index in [0.717, 1.165) is 0 Å². The van der Waals surface area contributed by atoms with Gasteiger partial charge in [-0.2, -0.15) is 0 Å². The van der Waals surface area contributed by atoms with Gasteiger partial charge in [-0.05, 0) is 13.8 Å². The van der Waals surface area contributed by atoms with Gasteiger partial charge in [0.25, 0.3) is 0 Å². The molecule has 0 aliphatic carbocycles. The fraction of sp³-hybridized carbons (Fsp3) is 1.00. The first-order valence-electron chi connectivity index (χ1n) is 3.06. The molecule has 0 rings (SSSR count). The number of rotatable bonds is 3. The van der Waals surface area contributed by atoms with Crippen LogP contribution in [0.15, 0.2) is 0 Å². The zero-order chi connectivity index (χ0) is 7.49. The number of hydrogen-bond acceptors (Lipinski definition) is 3. The second-order valence-electron chi connectivity index (χ2n) is 2.91. The second-order valence-corrected chi connectivity index (χ2v) is 2.91. The Morgan fingerprint density at radius 2 is 2.00 bits per heavy atom. The molecular weight excluding hydrogens is 118 g/mol. The highest BCUT2D eigenvalue weighted by molar-refractivity contribution is 4.70. The highest BCUT2D eigenvalue weighted by Crippen LogP contribution is 2.09. The molecule has 0 aromatic heterocycles. The zero-order valence-electron chi connectivity index (χ0n) is 5.96. The van der Waals surface area contributed by atoms with Crippen LogP contribution in [0.4, 0.5) is 0 Å². The van der Waals surface area contributed by atoms with Crippen LogP contribution >= 0.6 is 0 Å². The average Bonchev–Trinajstić information content (AvgIpc) is 1.62. The first-order valence-corrected chi connectivity index (χ1v) is 3.06. The van der Waals surface area contributed by atoms with Crippen molar-refractivity contribution in [1.82, 2.24) is 0 Å². The molecular formula is C6H15NO2. The molecule has 0 aliphatic rings. The van der Waals surface area contributed by atoms with Gasteiger partial charge >= 0.3 is 0 Å². The topological polar surface area (TPSA) is 66.5 Å². The van der Waals surface area contributed by atoms with E-state index in [4.69, 9.17) is 15.9 Å². The van der Waals surface area contributed by atoms with Crippen molar-refractivity contribution in [2.75, 3.05) is 6.54 Å². The lowest BCUT2D eigenvalue weighted by atomic mass is 10.0. The number of aliphatic hydroxyl groups is 2. The summed E-state index contributed by atoms with van der Waals surface area (Å²) >= 11 is 0. The predicted octanol–water partition coefficient (Wildman–Crippen LogP) is -0.533. The summed E-state index contributed by atoms with van der Waals surface area (Å²) in [7, 11) is 0. The zero-order valence-corrected chi connectivity index (χ0v) is 5.96. The summed E-state index contributed by atoms with van der Waals surface area (Å²) in [6, 6.07) is 0. The molecule has 0 saturated heterocycles. The summed E-state index contributed by atoms with van der Waals surface area (Å²) in [5.74, 6) is 0. The monoisotopic (exact) mass is 133 g/mol. The summed E-state index contributed by atoms with van der Waals surface area (Å²) < 4.78 is 0. The summed E-state index contributed by atoms with van der Waals surface area (Å²) in [6.45, 7) is 3.50. The predicted molar refractivity (Wildman–Crippen MR) is 36.0 cm³/mol. The van der Waals surface area contributed by atoms with Crippen LogP contribution < -0.4 is 5.73 Å².